The summed E-state index contributed by atoms with van der Waals surface area (Å²) < 4.78 is 0. The van der Waals surface area contributed by atoms with Gasteiger partial charge < -0.3 is 16.0 Å². The smallest absolute Gasteiger partial charge is 0.236 e. The van der Waals surface area contributed by atoms with Crippen molar-refractivity contribution in [2.24, 2.45) is 11.7 Å². The molecule has 3 N–H and O–H groups in total. The second-order valence-corrected chi connectivity index (χ2v) is 3.64. The fraction of sp³-hybridized carbons (Fsp3) is 0.778. The average molecular weight is 199 g/mol. The van der Waals surface area contributed by atoms with Gasteiger partial charge in [-0.1, -0.05) is 0 Å². The highest BCUT2D eigenvalue weighted by Crippen LogP contribution is 2.14. The maximum Gasteiger partial charge on any atom is 0.236 e. The summed E-state index contributed by atoms with van der Waals surface area (Å²) in [5, 5.41) is 2.76. The van der Waals surface area contributed by atoms with E-state index in [0.717, 1.165) is 19.5 Å². The molecule has 1 heterocycles. The number of hydrogen-bond donors (Lipinski definition) is 2. The second-order valence-electron chi connectivity index (χ2n) is 3.64. The highest BCUT2D eigenvalue weighted by atomic mass is 16.2. The SMILES string of the molecule is CC(=O)NC[C@@H]1CCN(C(=O)CN)C1. The third-order valence-electron chi connectivity index (χ3n) is 2.45. The van der Waals surface area contributed by atoms with Crippen molar-refractivity contribution in [3.8, 4) is 0 Å². The molecule has 0 aliphatic carbocycles. The van der Waals surface area contributed by atoms with Crippen LogP contribution in [0.1, 0.15) is 13.3 Å². The monoisotopic (exact) mass is 199 g/mol. The first-order valence-corrected chi connectivity index (χ1v) is 4.85. The number of carbonyl (C=O) groups excluding carboxylic acids is 2. The Kier molecular flexibility index (Phi) is 3.88. The van der Waals surface area contributed by atoms with Crippen molar-refractivity contribution in [3.05, 3.63) is 0 Å². The van der Waals surface area contributed by atoms with E-state index in [1.807, 2.05) is 0 Å². The van der Waals surface area contributed by atoms with Gasteiger partial charge in [-0.15, -0.1) is 0 Å². The van der Waals surface area contributed by atoms with E-state index in [1.54, 1.807) is 4.90 Å². The van der Waals surface area contributed by atoms with Gasteiger partial charge in [-0.05, 0) is 12.3 Å². The third-order valence-corrected chi connectivity index (χ3v) is 2.45. The maximum atomic E-state index is 11.2. The Hall–Kier alpha value is -1.10. The molecule has 1 rings (SSSR count). The quantitative estimate of drug-likeness (QED) is 0.607. The molecule has 0 bridgehead atoms. The van der Waals surface area contributed by atoms with E-state index in [1.165, 1.54) is 6.92 Å². The van der Waals surface area contributed by atoms with Crippen LogP contribution in [0, 0.1) is 5.92 Å². The molecule has 5 nitrogen and oxygen atoms in total. The first-order chi connectivity index (χ1) is 6.63. The number of nitrogens with two attached hydrogens (primary N) is 1. The molecule has 1 aliphatic heterocycles. The Bertz CT molecular complexity index is 230. The van der Waals surface area contributed by atoms with Gasteiger partial charge >= 0.3 is 0 Å². The number of rotatable bonds is 3. The van der Waals surface area contributed by atoms with Crippen molar-refractivity contribution >= 4 is 11.8 Å². The Balaban J connectivity index is 2.27. The first-order valence-electron chi connectivity index (χ1n) is 4.85. The summed E-state index contributed by atoms with van der Waals surface area (Å²) in [5.41, 5.74) is 5.26. The van der Waals surface area contributed by atoms with Crippen LogP contribution in [-0.2, 0) is 9.59 Å². The summed E-state index contributed by atoms with van der Waals surface area (Å²) in [7, 11) is 0. The highest BCUT2D eigenvalue weighted by molar-refractivity contribution is 5.78. The predicted octanol–water partition coefficient (Wildman–Crippen LogP) is -1.07. The summed E-state index contributed by atoms with van der Waals surface area (Å²) in [6.45, 7) is 3.71. The van der Waals surface area contributed by atoms with E-state index in [4.69, 9.17) is 5.73 Å². The van der Waals surface area contributed by atoms with Gasteiger partial charge in [0.05, 0.1) is 6.54 Å². The minimum absolute atomic E-state index is 0.00433. The molecule has 0 aromatic heterocycles. The van der Waals surface area contributed by atoms with Crippen LogP contribution in [0.2, 0.25) is 0 Å². The van der Waals surface area contributed by atoms with Gasteiger partial charge in [-0.25, -0.2) is 0 Å². The Labute approximate surface area is 83.6 Å². The van der Waals surface area contributed by atoms with E-state index in [-0.39, 0.29) is 18.4 Å². The van der Waals surface area contributed by atoms with Gasteiger partial charge in [0.15, 0.2) is 0 Å². The lowest BCUT2D eigenvalue weighted by atomic mass is 10.1. The van der Waals surface area contributed by atoms with Crippen LogP contribution < -0.4 is 11.1 Å². The first kappa shape index (κ1) is 11.0. The zero-order chi connectivity index (χ0) is 10.6. The molecule has 5 heteroatoms. The molecule has 14 heavy (non-hydrogen) atoms. The molecular weight excluding hydrogens is 182 g/mol. The molecule has 1 aliphatic rings. The second kappa shape index (κ2) is 4.95. The molecule has 0 saturated carbocycles. The van der Waals surface area contributed by atoms with Crippen molar-refractivity contribution in [2.45, 2.75) is 13.3 Å². The van der Waals surface area contributed by atoms with E-state index in [9.17, 15) is 9.59 Å². The summed E-state index contributed by atoms with van der Waals surface area (Å²) >= 11 is 0. The van der Waals surface area contributed by atoms with E-state index in [2.05, 4.69) is 5.32 Å². The van der Waals surface area contributed by atoms with Crippen molar-refractivity contribution in [3.63, 3.8) is 0 Å². The van der Waals surface area contributed by atoms with Crippen molar-refractivity contribution in [1.82, 2.24) is 10.2 Å². The molecule has 0 aromatic rings. The Morgan fingerprint density at radius 2 is 2.29 bits per heavy atom. The van der Waals surface area contributed by atoms with Crippen LogP contribution in [0.25, 0.3) is 0 Å². The number of hydrogen-bond acceptors (Lipinski definition) is 3. The number of amides is 2. The zero-order valence-corrected chi connectivity index (χ0v) is 8.45. The zero-order valence-electron chi connectivity index (χ0n) is 8.45. The van der Waals surface area contributed by atoms with E-state index >= 15 is 0 Å². The van der Waals surface area contributed by atoms with Gasteiger partial charge in [0.25, 0.3) is 0 Å². The summed E-state index contributed by atoms with van der Waals surface area (Å²) in [6.07, 6.45) is 0.950. The molecule has 0 radical (unpaired) electrons. The third kappa shape index (κ3) is 2.99. The van der Waals surface area contributed by atoms with Crippen molar-refractivity contribution in [2.75, 3.05) is 26.2 Å². The molecule has 2 amide bonds. The van der Waals surface area contributed by atoms with Crippen molar-refractivity contribution < 1.29 is 9.59 Å². The van der Waals surface area contributed by atoms with Gasteiger partial charge in [0, 0.05) is 26.6 Å². The summed E-state index contributed by atoms with van der Waals surface area (Å²) in [5.74, 6) is 0.360. The largest absolute Gasteiger partial charge is 0.356 e. The van der Waals surface area contributed by atoms with Gasteiger partial charge in [0.1, 0.15) is 0 Å². The Morgan fingerprint density at radius 1 is 1.57 bits per heavy atom. The number of carbonyl (C=O) groups is 2. The summed E-state index contributed by atoms with van der Waals surface area (Å²) in [6, 6.07) is 0. The van der Waals surface area contributed by atoms with Crippen LogP contribution in [0.15, 0.2) is 0 Å². The van der Waals surface area contributed by atoms with E-state index in [0.29, 0.717) is 12.5 Å². The van der Waals surface area contributed by atoms with Gasteiger partial charge in [-0.3, -0.25) is 9.59 Å². The van der Waals surface area contributed by atoms with E-state index < -0.39 is 0 Å². The molecule has 1 saturated heterocycles. The van der Waals surface area contributed by atoms with Crippen LogP contribution >= 0.6 is 0 Å². The fourth-order valence-corrected chi connectivity index (χ4v) is 1.64. The van der Waals surface area contributed by atoms with Crippen LogP contribution in [0.5, 0.6) is 0 Å². The van der Waals surface area contributed by atoms with Gasteiger partial charge in [0.2, 0.25) is 11.8 Å². The average Bonchev–Trinajstić information content (AvgIpc) is 2.62. The minimum atomic E-state index is -0.0198. The Morgan fingerprint density at radius 3 is 2.86 bits per heavy atom. The predicted molar refractivity (Wildman–Crippen MR) is 52.4 cm³/mol. The molecule has 0 aromatic carbocycles. The van der Waals surface area contributed by atoms with Crippen molar-refractivity contribution in [1.29, 1.82) is 0 Å². The lowest BCUT2D eigenvalue weighted by Gasteiger charge is -2.15. The normalized spacial score (nSPS) is 21.0. The topological polar surface area (TPSA) is 75.4 Å². The minimum Gasteiger partial charge on any atom is -0.356 e. The van der Waals surface area contributed by atoms with Gasteiger partial charge in [-0.2, -0.15) is 0 Å². The summed E-state index contributed by atoms with van der Waals surface area (Å²) in [4.78, 5) is 23.6. The number of nitrogens with zero attached hydrogens (tertiary/aromatic N) is 1. The lowest BCUT2D eigenvalue weighted by molar-refractivity contribution is -0.128. The lowest BCUT2D eigenvalue weighted by Crippen LogP contribution is -2.35. The molecular formula is C9H17N3O2. The standard InChI is InChI=1S/C9H17N3O2/c1-7(13)11-5-8-2-3-12(6-8)9(14)4-10/h8H,2-6,10H2,1H3,(H,11,13)/t8-/m0/s1. The van der Waals surface area contributed by atoms with Crippen LogP contribution in [0.4, 0.5) is 0 Å². The maximum absolute atomic E-state index is 11.2. The molecule has 1 fully saturated rings. The number of nitrogens with one attached hydrogen (secondary N) is 1. The molecule has 80 valence electrons. The van der Waals surface area contributed by atoms with Crippen LogP contribution in [0.3, 0.4) is 0 Å². The molecule has 0 spiro atoms. The molecule has 0 unspecified atom stereocenters. The molecule has 1 atom stereocenters. The van der Waals surface area contributed by atoms with Crippen LogP contribution in [-0.4, -0.2) is 42.9 Å². The fourth-order valence-electron chi connectivity index (χ4n) is 1.64. The highest BCUT2D eigenvalue weighted by Gasteiger charge is 2.25. The number of likely N-dealkylation sites (tertiary alicyclic amines) is 1.